The average molecular weight is 460 g/mol. The number of halogens is 1. The third kappa shape index (κ3) is 5.15. The van der Waals surface area contributed by atoms with Crippen molar-refractivity contribution in [2.75, 3.05) is 23.1 Å². The number of ether oxygens (including phenoxy) is 1. The molecule has 11 heteroatoms. The van der Waals surface area contributed by atoms with Crippen LogP contribution in [0.1, 0.15) is 0 Å². The zero-order valence-corrected chi connectivity index (χ0v) is 18.4. The maximum absolute atomic E-state index is 14.7. The molecule has 0 aliphatic carbocycles. The summed E-state index contributed by atoms with van der Waals surface area (Å²) in [6.45, 7) is 3.42. The fraction of sp³-hybridized carbons (Fsp3) is 0.0870. The molecule has 34 heavy (non-hydrogen) atoms. The second kappa shape index (κ2) is 9.77. The van der Waals surface area contributed by atoms with Crippen molar-refractivity contribution in [1.29, 1.82) is 0 Å². The number of nitrogens with one attached hydrogen (secondary N) is 3. The number of nitrogens with zero attached hydrogens (tertiary/aromatic N) is 5. The second-order valence-electron chi connectivity index (χ2n) is 7.09. The van der Waals surface area contributed by atoms with E-state index in [1.807, 2.05) is 0 Å². The van der Waals surface area contributed by atoms with E-state index in [0.29, 0.717) is 34.2 Å². The highest BCUT2D eigenvalue weighted by molar-refractivity contribution is 5.99. The summed E-state index contributed by atoms with van der Waals surface area (Å²) >= 11 is 0. The zero-order valence-electron chi connectivity index (χ0n) is 18.4. The van der Waals surface area contributed by atoms with Crippen LogP contribution < -0.4 is 20.7 Å². The van der Waals surface area contributed by atoms with Crippen LogP contribution in [0.4, 0.5) is 33.2 Å². The molecule has 0 spiro atoms. The third-order valence-corrected chi connectivity index (χ3v) is 4.68. The number of anilines is 5. The number of carbonyl (C=O) groups excluding carboxylic acids is 1. The van der Waals surface area contributed by atoms with Gasteiger partial charge in [-0.1, -0.05) is 6.58 Å². The Morgan fingerprint density at radius 3 is 2.65 bits per heavy atom. The molecular weight excluding hydrogens is 439 g/mol. The van der Waals surface area contributed by atoms with E-state index in [2.05, 4.69) is 42.6 Å². The van der Waals surface area contributed by atoms with Crippen LogP contribution in [0.15, 0.2) is 67.8 Å². The van der Waals surface area contributed by atoms with Gasteiger partial charge in [0.1, 0.15) is 11.6 Å². The van der Waals surface area contributed by atoms with E-state index in [-0.39, 0.29) is 11.6 Å². The molecule has 0 saturated heterocycles. The Labute approximate surface area is 194 Å². The Morgan fingerprint density at radius 1 is 1.12 bits per heavy atom. The van der Waals surface area contributed by atoms with Gasteiger partial charge in [0.25, 0.3) is 0 Å². The molecule has 0 aliphatic rings. The number of carbonyl (C=O) groups is 1. The van der Waals surface area contributed by atoms with Crippen molar-refractivity contribution < 1.29 is 13.9 Å². The molecule has 0 aliphatic heterocycles. The van der Waals surface area contributed by atoms with Crippen molar-refractivity contribution in [2.45, 2.75) is 0 Å². The lowest BCUT2D eigenvalue weighted by atomic mass is 10.1. The molecule has 0 fully saturated rings. The van der Waals surface area contributed by atoms with E-state index >= 15 is 0 Å². The SMILES string of the molecule is C=CC(=O)Nc1ccc(F)c(Nc2nc(Nc3cnn(C)c3)ncc2-c2ccc(OC)nc2)c1. The first-order valence-electron chi connectivity index (χ1n) is 10.1. The van der Waals surface area contributed by atoms with Gasteiger partial charge < -0.3 is 20.7 Å². The van der Waals surface area contributed by atoms with Crippen molar-refractivity contribution in [1.82, 2.24) is 24.7 Å². The Morgan fingerprint density at radius 2 is 1.97 bits per heavy atom. The number of rotatable bonds is 8. The lowest BCUT2D eigenvalue weighted by molar-refractivity contribution is -0.111. The average Bonchev–Trinajstić information content (AvgIpc) is 3.25. The molecule has 1 amide bonds. The molecule has 4 aromatic rings. The molecule has 0 atom stereocenters. The van der Waals surface area contributed by atoms with Crippen molar-refractivity contribution in [3.8, 4) is 17.0 Å². The first-order chi connectivity index (χ1) is 16.4. The second-order valence-corrected chi connectivity index (χ2v) is 7.09. The third-order valence-electron chi connectivity index (χ3n) is 4.68. The molecular formula is C23H21FN8O2. The van der Waals surface area contributed by atoms with Crippen LogP contribution in [-0.2, 0) is 11.8 Å². The highest BCUT2D eigenvalue weighted by Crippen LogP contribution is 2.32. The summed E-state index contributed by atoms with van der Waals surface area (Å²) in [5.74, 6) is 0.103. The molecule has 3 heterocycles. The van der Waals surface area contributed by atoms with Gasteiger partial charge in [-0.2, -0.15) is 10.1 Å². The van der Waals surface area contributed by atoms with Crippen LogP contribution >= 0.6 is 0 Å². The van der Waals surface area contributed by atoms with Gasteiger partial charge >= 0.3 is 0 Å². The summed E-state index contributed by atoms with van der Waals surface area (Å²) in [7, 11) is 3.32. The highest BCUT2D eigenvalue weighted by atomic mass is 19.1. The Hall–Kier alpha value is -4.80. The molecule has 3 N–H and O–H groups in total. The number of hydrogen-bond donors (Lipinski definition) is 3. The lowest BCUT2D eigenvalue weighted by Gasteiger charge is -2.14. The molecule has 3 aromatic heterocycles. The summed E-state index contributed by atoms with van der Waals surface area (Å²) in [4.78, 5) is 24.8. The van der Waals surface area contributed by atoms with Gasteiger partial charge in [-0.05, 0) is 30.3 Å². The van der Waals surface area contributed by atoms with E-state index in [0.717, 1.165) is 6.08 Å². The van der Waals surface area contributed by atoms with Crippen molar-refractivity contribution in [3.05, 3.63) is 73.6 Å². The maximum atomic E-state index is 14.7. The van der Waals surface area contributed by atoms with Gasteiger partial charge in [0, 0.05) is 48.5 Å². The van der Waals surface area contributed by atoms with Gasteiger partial charge in [-0.15, -0.1) is 0 Å². The van der Waals surface area contributed by atoms with Crippen molar-refractivity contribution in [3.63, 3.8) is 0 Å². The number of aromatic nitrogens is 5. The van der Waals surface area contributed by atoms with Crippen LogP contribution in [-0.4, -0.2) is 37.7 Å². The molecule has 4 rings (SSSR count). The van der Waals surface area contributed by atoms with Crippen LogP contribution in [0.2, 0.25) is 0 Å². The normalized spacial score (nSPS) is 10.4. The molecule has 0 bridgehead atoms. The largest absolute Gasteiger partial charge is 0.481 e. The monoisotopic (exact) mass is 460 g/mol. The quantitative estimate of drug-likeness (QED) is 0.337. The number of methoxy groups -OCH3 is 1. The predicted molar refractivity (Wildman–Crippen MR) is 127 cm³/mol. The van der Waals surface area contributed by atoms with Crippen LogP contribution in [0.25, 0.3) is 11.1 Å². The predicted octanol–water partition coefficient (Wildman–Crippen LogP) is 4.03. The fourth-order valence-corrected chi connectivity index (χ4v) is 3.04. The smallest absolute Gasteiger partial charge is 0.247 e. The number of benzene rings is 1. The van der Waals surface area contributed by atoms with Gasteiger partial charge in [0.05, 0.1) is 24.7 Å². The minimum atomic E-state index is -0.532. The number of hydrogen-bond acceptors (Lipinski definition) is 8. The van der Waals surface area contributed by atoms with E-state index < -0.39 is 11.7 Å². The maximum Gasteiger partial charge on any atom is 0.247 e. The summed E-state index contributed by atoms with van der Waals surface area (Å²) in [6, 6.07) is 7.65. The van der Waals surface area contributed by atoms with Crippen molar-refractivity contribution >= 4 is 34.7 Å². The van der Waals surface area contributed by atoms with Crippen LogP contribution in [0.5, 0.6) is 5.88 Å². The van der Waals surface area contributed by atoms with Crippen molar-refractivity contribution in [2.24, 2.45) is 7.05 Å². The van der Waals surface area contributed by atoms with E-state index in [1.165, 1.54) is 25.3 Å². The molecule has 0 saturated carbocycles. The Bertz CT molecular complexity index is 1340. The zero-order chi connectivity index (χ0) is 24.1. The molecule has 10 nitrogen and oxygen atoms in total. The summed E-state index contributed by atoms with van der Waals surface area (Å²) in [5.41, 5.74) is 2.45. The fourth-order valence-electron chi connectivity index (χ4n) is 3.04. The van der Waals surface area contributed by atoms with E-state index in [9.17, 15) is 9.18 Å². The number of pyridine rings is 1. The summed E-state index contributed by atoms with van der Waals surface area (Å²) < 4.78 is 21.4. The highest BCUT2D eigenvalue weighted by Gasteiger charge is 2.14. The number of aryl methyl sites for hydroxylation is 1. The Kier molecular flexibility index (Phi) is 6.44. The minimum absolute atomic E-state index is 0.107. The van der Waals surface area contributed by atoms with Gasteiger partial charge in [0.15, 0.2) is 0 Å². The van der Waals surface area contributed by atoms with Gasteiger partial charge in [0.2, 0.25) is 17.7 Å². The first-order valence-corrected chi connectivity index (χ1v) is 10.1. The van der Waals surface area contributed by atoms with Gasteiger partial charge in [-0.25, -0.2) is 14.4 Å². The first kappa shape index (κ1) is 22.4. The molecule has 172 valence electrons. The minimum Gasteiger partial charge on any atom is -0.481 e. The Balaban J connectivity index is 1.73. The van der Waals surface area contributed by atoms with E-state index in [1.54, 1.807) is 48.6 Å². The van der Waals surface area contributed by atoms with Crippen LogP contribution in [0, 0.1) is 5.82 Å². The molecule has 1 aromatic carbocycles. The summed E-state index contributed by atoms with van der Waals surface area (Å²) in [6.07, 6.45) is 7.73. The number of amides is 1. The molecule has 0 radical (unpaired) electrons. The molecule has 0 unspecified atom stereocenters. The topological polar surface area (TPSA) is 119 Å². The standard InChI is InChI=1S/C23H21FN8O2/c1-4-20(33)28-15-6-7-18(24)19(9-15)30-22-17(14-5-8-21(34-3)25-10-14)12-26-23(31-22)29-16-11-27-32(2)13-16/h4-13H,1H2,2-3H3,(H,28,33)(H2,26,29,30,31). The lowest BCUT2D eigenvalue weighted by Crippen LogP contribution is -2.08. The summed E-state index contributed by atoms with van der Waals surface area (Å²) in [5, 5.41) is 12.8. The van der Waals surface area contributed by atoms with E-state index in [4.69, 9.17) is 4.74 Å². The van der Waals surface area contributed by atoms with Gasteiger partial charge in [-0.3, -0.25) is 9.48 Å². The van der Waals surface area contributed by atoms with Crippen LogP contribution in [0.3, 0.4) is 0 Å².